The number of allylic oxidation sites excluding steroid dienone is 4. The van der Waals surface area contributed by atoms with Crippen molar-refractivity contribution in [3.05, 3.63) is 24.3 Å². The molecule has 0 aromatic rings. The summed E-state index contributed by atoms with van der Waals surface area (Å²) < 4.78 is 77.8. The van der Waals surface area contributed by atoms with Gasteiger partial charge in [0.15, 0.2) is 0 Å². The van der Waals surface area contributed by atoms with Gasteiger partial charge in [0.05, 0.1) is 0 Å². The first-order chi connectivity index (χ1) is 7.11. The summed E-state index contributed by atoms with van der Waals surface area (Å²) in [5.41, 5.74) is -4.34. The molecular formula is C9H6F6O. The van der Waals surface area contributed by atoms with Crippen LogP contribution in [0.5, 0.6) is 0 Å². The monoisotopic (exact) mass is 244 g/mol. The van der Waals surface area contributed by atoms with E-state index in [1.807, 2.05) is 0 Å². The Morgan fingerprint density at radius 3 is 1.62 bits per heavy atom. The Bertz CT molecular complexity index is 353. The van der Waals surface area contributed by atoms with Crippen LogP contribution in [0.15, 0.2) is 24.3 Å². The first kappa shape index (κ1) is 11.5. The largest absolute Gasteiger partial charge is 0.374 e. The summed E-state index contributed by atoms with van der Waals surface area (Å²) in [5, 5.41) is 8.62. The fourth-order valence-electron chi connectivity index (χ4n) is 1.94. The molecule has 0 aromatic carbocycles. The molecule has 0 saturated heterocycles. The molecule has 2 atom stereocenters. The Kier molecular flexibility index (Phi) is 1.90. The van der Waals surface area contributed by atoms with Crippen LogP contribution >= 0.6 is 0 Å². The third-order valence-corrected chi connectivity index (χ3v) is 2.96. The molecule has 1 nitrogen and oxygen atoms in total. The van der Waals surface area contributed by atoms with Crippen molar-refractivity contribution in [3.8, 4) is 0 Å². The smallest absolute Gasteiger partial charge is 0.354 e. The van der Waals surface area contributed by atoms with Crippen molar-refractivity contribution < 1.29 is 31.4 Å². The number of hydrogen-bond acceptors (Lipinski definition) is 1. The van der Waals surface area contributed by atoms with Gasteiger partial charge in [0, 0.05) is 5.92 Å². The second-order valence-electron chi connectivity index (χ2n) is 3.78. The number of alkyl halides is 6. The molecule has 7 heteroatoms. The number of rotatable bonds is 1. The highest BCUT2D eigenvalue weighted by Gasteiger charge is 2.99. The summed E-state index contributed by atoms with van der Waals surface area (Å²) >= 11 is 0. The highest BCUT2D eigenvalue weighted by Crippen LogP contribution is 2.69. The molecule has 1 N–H and O–H groups in total. The molecule has 90 valence electrons. The molecule has 0 amide bonds. The van der Waals surface area contributed by atoms with Crippen LogP contribution in [0.3, 0.4) is 0 Å². The van der Waals surface area contributed by atoms with E-state index in [0.717, 1.165) is 24.3 Å². The number of hydrogen-bond donors (Lipinski definition) is 1. The zero-order valence-electron chi connectivity index (χ0n) is 7.60. The standard InChI is InChI=1S/C9H6F6O/c10-6(5-3-1-2-4-5)7(11,12)8(13,14)9(6,15)16/h1-5,16H. The van der Waals surface area contributed by atoms with Gasteiger partial charge in [0.25, 0.3) is 5.67 Å². The number of aliphatic hydroxyl groups is 1. The van der Waals surface area contributed by atoms with E-state index in [4.69, 9.17) is 5.11 Å². The van der Waals surface area contributed by atoms with Crippen LogP contribution in [0.25, 0.3) is 0 Å². The molecule has 2 aliphatic carbocycles. The molecule has 0 spiro atoms. The second-order valence-corrected chi connectivity index (χ2v) is 3.78. The van der Waals surface area contributed by atoms with E-state index in [1.54, 1.807) is 0 Å². The fraction of sp³-hybridized carbons (Fsp3) is 0.556. The summed E-state index contributed by atoms with van der Waals surface area (Å²) in [4.78, 5) is 0. The zero-order valence-corrected chi connectivity index (χ0v) is 7.60. The minimum atomic E-state index is -5.43. The van der Waals surface area contributed by atoms with Gasteiger partial charge in [-0.1, -0.05) is 24.3 Å². The van der Waals surface area contributed by atoms with Gasteiger partial charge in [-0.3, -0.25) is 0 Å². The van der Waals surface area contributed by atoms with Gasteiger partial charge in [-0.25, -0.2) is 8.78 Å². The molecule has 1 saturated carbocycles. The van der Waals surface area contributed by atoms with Crippen LogP contribution in [0.1, 0.15) is 0 Å². The van der Waals surface area contributed by atoms with Crippen LogP contribution in [0.4, 0.5) is 26.3 Å². The molecule has 0 aromatic heterocycles. The van der Waals surface area contributed by atoms with Crippen LogP contribution < -0.4 is 0 Å². The van der Waals surface area contributed by atoms with E-state index in [1.165, 1.54) is 0 Å². The molecule has 0 radical (unpaired) electrons. The van der Waals surface area contributed by atoms with Crippen LogP contribution in [-0.4, -0.2) is 28.5 Å². The van der Waals surface area contributed by atoms with E-state index >= 15 is 0 Å². The van der Waals surface area contributed by atoms with Crippen LogP contribution in [-0.2, 0) is 0 Å². The average Bonchev–Trinajstić information content (AvgIpc) is 2.67. The average molecular weight is 244 g/mol. The maximum Gasteiger partial charge on any atom is 0.374 e. The lowest BCUT2D eigenvalue weighted by atomic mass is 9.62. The summed E-state index contributed by atoms with van der Waals surface area (Å²) in [6.07, 6.45) is 3.78. The normalized spacial score (nSPS) is 44.7. The number of halogens is 6. The third-order valence-electron chi connectivity index (χ3n) is 2.96. The third kappa shape index (κ3) is 0.816. The lowest BCUT2D eigenvalue weighted by Gasteiger charge is -2.57. The van der Waals surface area contributed by atoms with E-state index in [2.05, 4.69) is 0 Å². The summed E-state index contributed by atoms with van der Waals surface area (Å²) in [5.74, 6) is -17.5. The SMILES string of the molecule is OC1(F)C(F)(F)C(F)(F)C1(F)C1C=CC=C1. The quantitative estimate of drug-likeness (QED) is 0.702. The summed E-state index contributed by atoms with van der Waals surface area (Å²) in [6.45, 7) is 0. The Morgan fingerprint density at radius 1 is 0.812 bits per heavy atom. The highest BCUT2D eigenvalue weighted by atomic mass is 19.3. The van der Waals surface area contributed by atoms with E-state index in [0.29, 0.717) is 0 Å². The highest BCUT2D eigenvalue weighted by molar-refractivity contribution is 5.36. The molecule has 2 aliphatic rings. The molecular weight excluding hydrogens is 238 g/mol. The molecule has 0 bridgehead atoms. The second kappa shape index (κ2) is 2.64. The Hall–Kier alpha value is -0.980. The Morgan fingerprint density at radius 2 is 1.25 bits per heavy atom. The first-order valence-corrected chi connectivity index (χ1v) is 4.31. The van der Waals surface area contributed by atoms with Crippen molar-refractivity contribution in [1.29, 1.82) is 0 Å². The molecule has 2 rings (SSSR count). The lowest BCUT2D eigenvalue weighted by molar-refractivity contribution is -0.498. The molecule has 1 fully saturated rings. The minimum absolute atomic E-state index is 0.785. The van der Waals surface area contributed by atoms with Crippen molar-refractivity contribution in [2.75, 3.05) is 0 Å². The van der Waals surface area contributed by atoms with Crippen molar-refractivity contribution in [2.24, 2.45) is 5.92 Å². The van der Waals surface area contributed by atoms with Crippen molar-refractivity contribution in [2.45, 2.75) is 23.4 Å². The topological polar surface area (TPSA) is 20.2 Å². The summed E-state index contributed by atoms with van der Waals surface area (Å²) in [6, 6.07) is 0. The fourth-order valence-corrected chi connectivity index (χ4v) is 1.94. The lowest BCUT2D eigenvalue weighted by Crippen LogP contribution is -2.87. The molecule has 2 unspecified atom stereocenters. The van der Waals surface area contributed by atoms with Gasteiger partial charge in [-0.15, -0.1) is 0 Å². The van der Waals surface area contributed by atoms with Crippen molar-refractivity contribution in [1.82, 2.24) is 0 Å². The van der Waals surface area contributed by atoms with Gasteiger partial charge >= 0.3 is 17.7 Å². The van der Waals surface area contributed by atoms with Crippen molar-refractivity contribution in [3.63, 3.8) is 0 Å². The maximum atomic E-state index is 13.7. The molecule has 16 heavy (non-hydrogen) atoms. The van der Waals surface area contributed by atoms with Gasteiger partial charge in [-0.2, -0.15) is 17.6 Å². The van der Waals surface area contributed by atoms with Crippen molar-refractivity contribution >= 4 is 0 Å². The van der Waals surface area contributed by atoms with Crippen LogP contribution in [0, 0.1) is 5.92 Å². The Labute approximate surface area is 86.1 Å². The predicted molar refractivity (Wildman–Crippen MR) is 41.6 cm³/mol. The van der Waals surface area contributed by atoms with Crippen LogP contribution in [0.2, 0.25) is 0 Å². The molecule has 0 aliphatic heterocycles. The maximum absolute atomic E-state index is 13.7. The van der Waals surface area contributed by atoms with Gasteiger partial charge in [0.2, 0.25) is 0 Å². The molecule has 0 heterocycles. The van der Waals surface area contributed by atoms with Gasteiger partial charge < -0.3 is 5.11 Å². The zero-order chi connectivity index (χ0) is 12.4. The predicted octanol–water partition coefficient (Wildman–Crippen LogP) is 2.38. The first-order valence-electron chi connectivity index (χ1n) is 4.31. The van der Waals surface area contributed by atoms with Gasteiger partial charge in [-0.05, 0) is 0 Å². The van der Waals surface area contributed by atoms with E-state index in [-0.39, 0.29) is 0 Å². The van der Waals surface area contributed by atoms with E-state index in [9.17, 15) is 26.3 Å². The Balaban J connectivity index is 2.49. The van der Waals surface area contributed by atoms with E-state index < -0.39 is 29.3 Å². The van der Waals surface area contributed by atoms with Gasteiger partial charge in [0.1, 0.15) is 0 Å². The minimum Gasteiger partial charge on any atom is -0.354 e. The summed E-state index contributed by atoms with van der Waals surface area (Å²) in [7, 11) is 0.